The molecule has 2 aromatic heterocycles. The summed E-state index contributed by atoms with van der Waals surface area (Å²) in [5.74, 6) is -1.35. The van der Waals surface area contributed by atoms with Crippen molar-refractivity contribution in [1.82, 2.24) is 19.5 Å². The molecule has 3 aromatic rings. The minimum atomic E-state index is -3.87. The van der Waals surface area contributed by atoms with E-state index in [2.05, 4.69) is 14.8 Å². The molecule has 1 aliphatic rings. The summed E-state index contributed by atoms with van der Waals surface area (Å²) in [5, 5.41) is 4.48. The SMILES string of the molecule is Cc1ccc(S(=O)(=O)NC(c2cnn(C(C)(C)C)c2-c2ccc(F)cc2F)C2CC2)cn1. The van der Waals surface area contributed by atoms with Gasteiger partial charge in [-0.3, -0.25) is 9.67 Å². The van der Waals surface area contributed by atoms with E-state index in [9.17, 15) is 17.2 Å². The Morgan fingerprint density at radius 1 is 1.12 bits per heavy atom. The summed E-state index contributed by atoms with van der Waals surface area (Å²) in [6, 6.07) is 5.93. The average molecular weight is 461 g/mol. The van der Waals surface area contributed by atoms with Gasteiger partial charge in [-0.25, -0.2) is 21.9 Å². The molecule has 0 amide bonds. The maximum absolute atomic E-state index is 14.9. The van der Waals surface area contributed by atoms with Gasteiger partial charge in [-0.2, -0.15) is 5.10 Å². The lowest BCUT2D eigenvalue weighted by Crippen LogP contribution is -2.31. The summed E-state index contributed by atoms with van der Waals surface area (Å²) < 4.78 is 59.2. The Morgan fingerprint density at radius 3 is 2.41 bits per heavy atom. The number of pyridine rings is 1. The van der Waals surface area contributed by atoms with Crippen LogP contribution < -0.4 is 4.72 Å². The first-order valence-corrected chi connectivity index (χ1v) is 11.9. The summed E-state index contributed by atoms with van der Waals surface area (Å²) in [6.07, 6.45) is 4.58. The van der Waals surface area contributed by atoms with Crippen LogP contribution in [0.3, 0.4) is 0 Å². The summed E-state index contributed by atoms with van der Waals surface area (Å²) in [4.78, 5) is 4.15. The zero-order chi connectivity index (χ0) is 23.3. The van der Waals surface area contributed by atoms with Gasteiger partial charge in [0.2, 0.25) is 10.0 Å². The maximum atomic E-state index is 14.9. The smallest absolute Gasteiger partial charge is 0.242 e. The van der Waals surface area contributed by atoms with E-state index in [1.807, 2.05) is 20.8 Å². The lowest BCUT2D eigenvalue weighted by molar-refractivity contribution is 0.359. The van der Waals surface area contributed by atoms with Gasteiger partial charge in [0.25, 0.3) is 0 Å². The fourth-order valence-electron chi connectivity index (χ4n) is 3.74. The number of hydrogen-bond acceptors (Lipinski definition) is 4. The minimum Gasteiger partial charge on any atom is -0.260 e. The third-order valence-electron chi connectivity index (χ3n) is 5.52. The molecule has 1 fully saturated rings. The molecule has 170 valence electrons. The Balaban J connectivity index is 1.83. The Bertz CT molecular complexity index is 1240. The topological polar surface area (TPSA) is 76.9 Å². The molecule has 4 rings (SSSR count). The second-order valence-electron chi connectivity index (χ2n) is 9.23. The molecule has 0 bridgehead atoms. The Kier molecular flexibility index (Phi) is 5.67. The standard InChI is InChI=1S/C23H26F2N4O2S/c1-14-5-9-17(12-26-14)32(30,31)28-21(15-6-7-15)19-13-27-29(23(2,3)4)22(19)18-10-8-16(24)11-20(18)25/h5,8-13,15,21,28H,6-7H2,1-4H3. The Morgan fingerprint density at radius 2 is 1.84 bits per heavy atom. The average Bonchev–Trinajstić information content (AvgIpc) is 3.44. The number of aromatic nitrogens is 3. The molecular weight excluding hydrogens is 434 g/mol. The number of nitrogens with one attached hydrogen (secondary N) is 1. The molecular formula is C23H26F2N4O2S. The number of nitrogens with zero attached hydrogens (tertiary/aromatic N) is 3. The first-order valence-electron chi connectivity index (χ1n) is 10.5. The molecule has 2 heterocycles. The van der Waals surface area contributed by atoms with Gasteiger partial charge in [-0.1, -0.05) is 0 Å². The van der Waals surface area contributed by atoms with Gasteiger partial charge in [0.05, 0.1) is 23.5 Å². The lowest BCUT2D eigenvalue weighted by Gasteiger charge is -2.25. The van der Waals surface area contributed by atoms with Gasteiger partial charge >= 0.3 is 0 Å². The predicted octanol–water partition coefficient (Wildman–Crippen LogP) is 4.72. The van der Waals surface area contributed by atoms with Crippen LogP contribution in [0.1, 0.15) is 50.9 Å². The van der Waals surface area contributed by atoms with E-state index in [0.717, 1.165) is 18.9 Å². The van der Waals surface area contributed by atoms with E-state index in [1.54, 1.807) is 23.9 Å². The number of aryl methyl sites for hydroxylation is 1. The van der Waals surface area contributed by atoms with Crippen molar-refractivity contribution in [1.29, 1.82) is 0 Å². The third-order valence-corrected chi connectivity index (χ3v) is 6.95. The monoisotopic (exact) mass is 460 g/mol. The number of sulfonamides is 1. The van der Waals surface area contributed by atoms with Crippen molar-refractivity contribution in [2.45, 2.75) is 57.0 Å². The van der Waals surface area contributed by atoms with Gasteiger partial charge in [-0.15, -0.1) is 0 Å². The van der Waals surface area contributed by atoms with Crippen molar-refractivity contribution in [3.05, 3.63) is 65.6 Å². The molecule has 32 heavy (non-hydrogen) atoms. The first-order chi connectivity index (χ1) is 15.0. The van der Waals surface area contributed by atoms with Crippen molar-refractivity contribution >= 4 is 10.0 Å². The highest BCUT2D eigenvalue weighted by molar-refractivity contribution is 7.89. The Labute approximate surface area is 186 Å². The largest absolute Gasteiger partial charge is 0.260 e. The van der Waals surface area contributed by atoms with Crippen molar-refractivity contribution in [3.63, 3.8) is 0 Å². The molecule has 1 aliphatic carbocycles. The van der Waals surface area contributed by atoms with Crippen molar-refractivity contribution in [3.8, 4) is 11.3 Å². The van der Waals surface area contributed by atoms with E-state index >= 15 is 0 Å². The normalized spacial score (nSPS) is 15.7. The molecule has 0 saturated heterocycles. The number of rotatable bonds is 6. The second kappa shape index (κ2) is 8.04. The highest BCUT2D eigenvalue weighted by Crippen LogP contribution is 2.45. The van der Waals surface area contributed by atoms with Crippen LogP contribution in [0, 0.1) is 24.5 Å². The van der Waals surface area contributed by atoms with Crippen LogP contribution in [0.5, 0.6) is 0 Å². The summed E-state index contributed by atoms with van der Waals surface area (Å²) >= 11 is 0. The van der Waals surface area contributed by atoms with Gasteiger partial charge in [0, 0.05) is 29.1 Å². The van der Waals surface area contributed by atoms with E-state index in [1.165, 1.54) is 24.4 Å². The van der Waals surface area contributed by atoms with Crippen molar-refractivity contribution < 1.29 is 17.2 Å². The highest BCUT2D eigenvalue weighted by atomic mass is 32.2. The number of halogens is 2. The molecule has 9 heteroatoms. The van der Waals surface area contributed by atoms with Crippen LogP contribution in [0.15, 0.2) is 47.6 Å². The number of benzene rings is 1. The summed E-state index contributed by atoms with van der Waals surface area (Å²) in [5.41, 5.74) is 1.38. The van der Waals surface area contributed by atoms with E-state index < -0.39 is 33.2 Å². The predicted molar refractivity (Wildman–Crippen MR) is 117 cm³/mol. The minimum absolute atomic E-state index is 0.0584. The third kappa shape index (κ3) is 4.45. The highest BCUT2D eigenvalue weighted by Gasteiger charge is 2.39. The zero-order valence-electron chi connectivity index (χ0n) is 18.4. The van der Waals surface area contributed by atoms with E-state index in [0.29, 0.717) is 17.0 Å². The Hall–Kier alpha value is -2.65. The molecule has 1 N–H and O–H groups in total. The first kappa shape index (κ1) is 22.5. The quantitative estimate of drug-likeness (QED) is 0.578. The van der Waals surface area contributed by atoms with E-state index in [-0.39, 0.29) is 16.4 Å². The van der Waals surface area contributed by atoms with Crippen molar-refractivity contribution in [2.24, 2.45) is 5.92 Å². The van der Waals surface area contributed by atoms with Gasteiger partial charge in [0.15, 0.2) is 0 Å². The number of hydrogen-bond donors (Lipinski definition) is 1. The summed E-state index contributed by atoms with van der Waals surface area (Å²) in [6.45, 7) is 7.54. The molecule has 0 spiro atoms. The van der Waals surface area contributed by atoms with Crippen LogP contribution in [0.25, 0.3) is 11.3 Å². The van der Waals surface area contributed by atoms with Crippen LogP contribution >= 0.6 is 0 Å². The van der Waals surface area contributed by atoms with Gasteiger partial charge in [-0.05, 0) is 70.7 Å². The van der Waals surface area contributed by atoms with Gasteiger partial charge < -0.3 is 0 Å². The van der Waals surface area contributed by atoms with Gasteiger partial charge in [0.1, 0.15) is 16.5 Å². The second-order valence-corrected chi connectivity index (χ2v) is 10.9. The molecule has 1 unspecified atom stereocenters. The molecule has 6 nitrogen and oxygen atoms in total. The van der Waals surface area contributed by atoms with Crippen LogP contribution in [0.2, 0.25) is 0 Å². The molecule has 0 radical (unpaired) electrons. The van der Waals surface area contributed by atoms with E-state index in [4.69, 9.17) is 0 Å². The lowest BCUT2D eigenvalue weighted by atomic mass is 9.97. The zero-order valence-corrected chi connectivity index (χ0v) is 19.2. The molecule has 1 saturated carbocycles. The maximum Gasteiger partial charge on any atom is 0.242 e. The van der Waals surface area contributed by atoms with Crippen LogP contribution in [-0.2, 0) is 15.6 Å². The van der Waals surface area contributed by atoms with Crippen molar-refractivity contribution in [2.75, 3.05) is 0 Å². The summed E-state index contributed by atoms with van der Waals surface area (Å²) in [7, 11) is -3.87. The fourth-order valence-corrected chi connectivity index (χ4v) is 4.97. The van der Waals surface area contributed by atoms with Crippen LogP contribution in [-0.4, -0.2) is 23.2 Å². The van der Waals surface area contributed by atoms with Crippen LogP contribution in [0.4, 0.5) is 8.78 Å². The fraction of sp³-hybridized carbons (Fsp3) is 0.391. The molecule has 1 aromatic carbocycles. The molecule has 1 atom stereocenters. The molecule has 0 aliphatic heterocycles.